The number of carbonyl (C=O) groups is 1. The molecule has 0 saturated carbocycles. The number of aliphatic hydroxyl groups excluding tert-OH is 1. The molecule has 25 heavy (non-hydrogen) atoms. The third kappa shape index (κ3) is 4.22. The maximum absolute atomic E-state index is 13.2. The van der Waals surface area contributed by atoms with Gasteiger partial charge in [-0.1, -0.05) is 18.2 Å². The van der Waals surface area contributed by atoms with Crippen LogP contribution in [0.15, 0.2) is 48.8 Å². The number of benzene rings is 1. The van der Waals surface area contributed by atoms with Gasteiger partial charge in [0.1, 0.15) is 11.5 Å². The number of imidazole rings is 1. The largest absolute Gasteiger partial charge is 0.388 e. The Hall–Kier alpha value is -2.73. The van der Waals surface area contributed by atoms with Crippen molar-refractivity contribution in [3.63, 3.8) is 0 Å². The third-order valence-corrected chi connectivity index (χ3v) is 4.04. The maximum Gasteiger partial charge on any atom is 0.222 e. The fraction of sp³-hybridized carbons (Fsp3) is 0.263. The molecule has 0 saturated heterocycles. The Bertz CT molecular complexity index is 891. The predicted octanol–water partition coefficient (Wildman–Crippen LogP) is 2.56. The molecule has 6 heteroatoms. The van der Waals surface area contributed by atoms with E-state index < -0.39 is 11.9 Å². The lowest BCUT2D eigenvalue weighted by molar-refractivity contribution is -0.123. The first kappa shape index (κ1) is 17.1. The Labute approximate surface area is 145 Å². The first-order valence-electron chi connectivity index (χ1n) is 8.16. The second kappa shape index (κ2) is 7.44. The van der Waals surface area contributed by atoms with Crippen LogP contribution in [0.25, 0.3) is 5.65 Å². The van der Waals surface area contributed by atoms with Gasteiger partial charge in [-0.25, -0.2) is 9.37 Å². The predicted molar refractivity (Wildman–Crippen MR) is 92.6 cm³/mol. The highest BCUT2D eigenvalue weighted by Crippen LogP contribution is 2.17. The van der Waals surface area contributed by atoms with E-state index in [4.69, 9.17) is 0 Å². The summed E-state index contributed by atoms with van der Waals surface area (Å²) in [6.07, 6.45) is 3.35. The molecule has 2 N–H and O–H groups in total. The van der Waals surface area contributed by atoms with Gasteiger partial charge >= 0.3 is 0 Å². The van der Waals surface area contributed by atoms with Crippen molar-refractivity contribution >= 4 is 11.6 Å². The molecule has 1 unspecified atom stereocenters. The summed E-state index contributed by atoms with van der Waals surface area (Å²) in [5.41, 5.74) is 3.28. The zero-order chi connectivity index (χ0) is 17.8. The van der Waals surface area contributed by atoms with E-state index in [0.717, 1.165) is 16.9 Å². The molecular formula is C19H20FN3O2. The molecule has 0 aliphatic rings. The van der Waals surface area contributed by atoms with E-state index >= 15 is 0 Å². The molecule has 0 aliphatic carbocycles. The van der Waals surface area contributed by atoms with Crippen LogP contribution in [0, 0.1) is 12.7 Å². The van der Waals surface area contributed by atoms with Crippen LogP contribution in [-0.2, 0) is 11.2 Å². The molecule has 0 radical (unpaired) electrons. The number of aryl methyl sites for hydroxylation is 1. The molecule has 1 amide bonds. The van der Waals surface area contributed by atoms with Crippen LogP contribution in [0.2, 0.25) is 0 Å². The van der Waals surface area contributed by atoms with Crippen LogP contribution in [0.4, 0.5) is 4.39 Å². The van der Waals surface area contributed by atoms with Gasteiger partial charge in [-0.05, 0) is 36.2 Å². The average Bonchev–Trinajstić information content (AvgIpc) is 2.99. The van der Waals surface area contributed by atoms with Gasteiger partial charge in [0.15, 0.2) is 0 Å². The summed E-state index contributed by atoms with van der Waals surface area (Å²) in [6, 6.07) is 9.60. The summed E-state index contributed by atoms with van der Waals surface area (Å²) >= 11 is 0. The van der Waals surface area contributed by atoms with Crippen molar-refractivity contribution in [3.8, 4) is 0 Å². The number of nitrogens with zero attached hydrogens (tertiary/aromatic N) is 2. The maximum atomic E-state index is 13.2. The fourth-order valence-corrected chi connectivity index (χ4v) is 2.73. The van der Waals surface area contributed by atoms with Crippen molar-refractivity contribution in [1.82, 2.24) is 14.7 Å². The Morgan fingerprint density at radius 3 is 2.96 bits per heavy atom. The van der Waals surface area contributed by atoms with E-state index in [0.29, 0.717) is 18.5 Å². The number of amides is 1. The lowest BCUT2D eigenvalue weighted by atomic mass is 10.1. The molecule has 2 aromatic heterocycles. The zero-order valence-corrected chi connectivity index (χ0v) is 13.9. The fourth-order valence-electron chi connectivity index (χ4n) is 2.73. The van der Waals surface area contributed by atoms with Crippen molar-refractivity contribution in [1.29, 1.82) is 0 Å². The third-order valence-electron chi connectivity index (χ3n) is 4.04. The van der Waals surface area contributed by atoms with E-state index in [-0.39, 0.29) is 12.3 Å². The van der Waals surface area contributed by atoms with E-state index in [1.54, 1.807) is 6.07 Å². The molecule has 3 aromatic rings. The van der Waals surface area contributed by atoms with Gasteiger partial charge in [0.05, 0.1) is 18.2 Å². The molecule has 0 fully saturated rings. The number of nitrogens with one attached hydrogen (secondary N) is 1. The number of hydrogen-bond donors (Lipinski definition) is 2. The minimum Gasteiger partial charge on any atom is -0.388 e. The second-order valence-corrected chi connectivity index (χ2v) is 6.03. The van der Waals surface area contributed by atoms with E-state index in [1.165, 1.54) is 18.2 Å². The second-order valence-electron chi connectivity index (χ2n) is 6.03. The monoisotopic (exact) mass is 341 g/mol. The summed E-state index contributed by atoms with van der Waals surface area (Å²) in [4.78, 5) is 16.5. The number of halogens is 1. The van der Waals surface area contributed by atoms with Crippen molar-refractivity contribution < 1.29 is 14.3 Å². The first-order valence-corrected chi connectivity index (χ1v) is 8.16. The smallest absolute Gasteiger partial charge is 0.222 e. The van der Waals surface area contributed by atoms with Crippen molar-refractivity contribution in [2.24, 2.45) is 0 Å². The Morgan fingerprint density at radius 1 is 1.36 bits per heavy atom. The molecule has 5 nitrogen and oxygen atoms in total. The molecule has 2 heterocycles. The number of carbonyl (C=O) groups excluding carboxylic acids is 1. The van der Waals surface area contributed by atoms with Gasteiger partial charge in [-0.2, -0.15) is 0 Å². The molecule has 3 rings (SSSR count). The molecule has 0 bridgehead atoms. The topological polar surface area (TPSA) is 66.6 Å². The quantitative estimate of drug-likeness (QED) is 0.724. The zero-order valence-electron chi connectivity index (χ0n) is 13.9. The minimum absolute atomic E-state index is 0.103. The highest BCUT2D eigenvalue weighted by atomic mass is 19.1. The summed E-state index contributed by atoms with van der Waals surface area (Å²) in [5, 5.41) is 12.8. The van der Waals surface area contributed by atoms with Gasteiger partial charge in [0, 0.05) is 25.4 Å². The molecular weight excluding hydrogens is 321 g/mol. The standard InChI is InChI=1S/C19H20FN3O2/c1-13-4-3-9-23-12-16(22-19(13)23)7-8-21-18(25)11-17(24)14-5-2-6-15(20)10-14/h2-6,9-10,12,17,24H,7-8,11H2,1H3,(H,21,25). The van der Waals surface area contributed by atoms with Crippen LogP contribution >= 0.6 is 0 Å². The Balaban J connectivity index is 1.51. The molecule has 0 aliphatic heterocycles. The lowest BCUT2D eigenvalue weighted by Gasteiger charge is -2.11. The normalized spacial score (nSPS) is 12.3. The molecule has 1 atom stereocenters. The van der Waals surface area contributed by atoms with Crippen molar-refractivity contribution in [2.45, 2.75) is 25.9 Å². The van der Waals surface area contributed by atoms with Crippen LogP contribution < -0.4 is 5.32 Å². The average molecular weight is 341 g/mol. The lowest BCUT2D eigenvalue weighted by Crippen LogP contribution is -2.27. The number of rotatable bonds is 6. The van der Waals surface area contributed by atoms with Crippen LogP contribution in [-0.4, -0.2) is 26.9 Å². The summed E-state index contributed by atoms with van der Waals surface area (Å²) in [7, 11) is 0. The Morgan fingerprint density at radius 2 is 2.20 bits per heavy atom. The van der Waals surface area contributed by atoms with Crippen molar-refractivity contribution in [2.75, 3.05) is 6.54 Å². The number of pyridine rings is 1. The number of fused-ring (bicyclic) bond motifs is 1. The van der Waals surface area contributed by atoms with Gasteiger partial charge < -0.3 is 14.8 Å². The van der Waals surface area contributed by atoms with Crippen LogP contribution in [0.1, 0.15) is 29.3 Å². The highest BCUT2D eigenvalue weighted by molar-refractivity contribution is 5.76. The van der Waals surface area contributed by atoms with Gasteiger partial charge in [0.25, 0.3) is 0 Å². The van der Waals surface area contributed by atoms with Gasteiger partial charge in [-0.3, -0.25) is 4.79 Å². The molecule has 1 aromatic carbocycles. The molecule has 130 valence electrons. The van der Waals surface area contributed by atoms with Crippen LogP contribution in [0.5, 0.6) is 0 Å². The SMILES string of the molecule is Cc1cccn2cc(CCNC(=O)CC(O)c3cccc(F)c3)nc12. The summed E-state index contributed by atoms with van der Waals surface area (Å²) in [5.74, 6) is -0.712. The van der Waals surface area contributed by atoms with Gasteiger partial charge in [-0.15, -0.1) is 0 Å². The number of aromatic nitrogens is 2. The minimum atomic E-state index is -1.02. The first-order chi connectivity index (χ1) is 12.0. The van der Waals surface area contributed by atoms with Gasteiger partial charge in [0.2, 0.25) is 5.91 Å². The van der Waals surface area contributed by atoms with E-state index in [2.05, 4.69) is 10.3 Å². The van der Waals surface area contributed by atoms with E-state index in [1.807, 2.05) is 35.9 Å². The van der Waals surface area contributed by atoms with Crippen LogP contribution in [0.3, 0.4) is 0 Å². The molecule has 0 spiro atoms. The Kier molecular flexibility index (Phi) is 5.09. The number of hydrogen-bond acceptors (Lipinski definition) is 3. The summed E-state index contributed by atoms with van der Waals surface area (Å²) < 4.78 is 15.1. The highest BCUT2D eigenvalue weighted by Gasteiger charge is 2.13. The van der Waals surface area contributed by atoms with E-state index in [9.17, 15) is 14.3 Å². The summed E-state index contributed by atoms with van der Waals surface area (Å²) in [6.45, 7) is 2.43. The van der Waals surface area contributed by atoms with Crippen molar-refractivity contribution in [3.05, 3.63) is 71.4 Å². The number of aliphatic hydroxyl groups is 1.